The van der Waals surface area contributed by atoms with Gasteiger partial charge in [-0.25, -0.2) is 0 Å². The third-order valence-electron chi connectivity index (χ3n) is 2.34. The molecule has 1 aromatic heterocycles. The zero-order valence-corrected chi connectivity index (χ0v) is 7.10. The highest BCUT2D eigenvalue weighted by molar-refractivity contribution is 5.79. The van der Waals surface area contributed by atoms with E-state index in [1.165, 1.54) is 10.9 Å². The van der Waals surface area contributed by atoms with Crippen molar-refractivity contribution in [1.82, 2.24) is 4.98 Å². The Bertz CT molecular complexity index is 449. The number of nitrogens with zero attached hydrogens (tertiary/aromatic N) is 1. The van der Waals surface area contributed by atoms with Gasteiger partial charge >= 0.3 is 0 Å². The number of hydrogen-bond acceptors (Lipinski definition) is 2. The predicted molar refractivity (Wildman–Crippen MR) is 50.4 cm³/mol. The molecule has 13 heavy (non-hydrogen) atoms. The molecule has 1 aliphatic heterocycles. The van der Waals surface area contributed by atoms with E-state index in [9.17, 15) is 0 Å². The molecule has 0 saturated carbocycles. The van der Waals surface area contributed by atoms with E-state index >= 15 is 0 Å². The number of epoxide rings is 1. The first-order valence-electron chi connectivity index (χ1n) is 4.40. The third-order valence-corrected chi connectivity index (χ3v) is 2.34. The van der Waals surface area contributed by atoms with E-state index in [1.807, 2.05) is 12.3 Å². The molecule has 2 heterocycles. The second-order valence-electron chi connectivity index (χ2n) is 3.28. The first-order valence-corrected chi connectivity index (χ1v) is 4.40. The summed E-state index contributed by atoms with van der Waals surface area (Å²) in [5.74, 6) is 0. The zero-order valence-electron chi connectivity index (χ0n) is 7.10. The molecular weight excluding hydrogens is 162 g/mol. The normalized spacial score (nSPS) is 20.5. The van der Waals surface area contributed by atoms with Gasteiger partial charge in [0, 0.05) is 11.6 Å². The second-order valence-corrected chi connectivity index (χ2v) is 3.28. The molecular formula is C11H9NO. The van der Waals surface area contributed by atoms with E-state index in [2.05, 4.69) is 29.2 Å². The van der Waals surface area contributed by atoms with Crippen molar-refractivity contribution in [2.75, 3.05) is 6.61 Å². The summed E-state index contributed by atoms with van der Waals surface area (Å²) in [5, 5.41) is 1.19. The summed E-state index contributed by atoms with van der Waals surface area (Å²) in [7, 11) is 0. The van der Waals surface area contributed by atoms with Crippen molar-refractivity contribution in [3.63, 3.8) is 0 Å². The molecule has 3 rings (SSSR count). The van der Waals surface area contributed by atoms with Crippen LogP contribution in [0.5, 0.6) is 0 Å². The van der Waals surface area contributed by atoms with Crippen LogP contribution >= 0.6 is 0 Å². The highest BCUT2D eigenvalue weighted by Gasteiger charge is 2.24. The fraction of sp³-hybridized carbons (Fsp3) is 0.182. The molecule has 1 atom stereocenters. The number of benzene rings is 1. The first kappa shape index (κ1) is 7.04. The van der Waals surface area contributed by atoms with Crippen LogP contribution in [-0.4, -0.2) is 11.6 Å². The van der Waals surface area contributed by atoms with Crippen molar-refractivity contribution in [3.8, 4) is 0 Å². The summed E-state index contributed by atoms with van der Waals surface area (Å²) in [6, 6.07) is 10.3. The minimum atomic E-state index is 0.325. The average Bonchev–Trinajstić information content (AvgIpc) is 3.00. The van der Waals surface area contributed by atoms with Gasteiger partial charge in [-0.15, -0.1) is 0 Å². The van der Waals surface area contributed by atoms with E-state index < -0.39 is 0 Å². The van der Waals surface area contributed by atoms with Crippen molar-refractivity contribution in [1.29, 1.82) is 0 Å². The largest absolute Gasteiger partial charge is 0.368 e. The molecule has 1 saturated heterocycles. The Kier molecular flexibility index (Phi) is 1.37. The molecule has 2 nitrogen and oxygen atoms in total. The lowest BCUT2D eigenvalue weighted by molar-refractivity contribution is 0.416. The average molecular weight is 171 g/mol. The quantitative estimate of drug-likeness (QED) is 0.615. The summed E-state index contributed by atoms with van der Waals surface area (Å²) in [6.07, 6.45) is 2.14. The van der Waals surface area contributed by atoms with Crippen molar-refractivity contribution >= 4 is 10.9 Å². The third kappa shape index (κ3) is 1.19. The smallest absolute Gasteiger partial charge is 0.106 e. The Morgan fingerprint density at radius 3 is 3.08 bits per heavy atom. The van der Waals surface area contributed by atoms with E-state index in [0.717, 1.165) is 12.1 Å². The maximum atomic E-state index is 5.22. The molecule has 0 aliphatic carbocycles. The summed E-state index contributed by atoms with van der Waals surface area (Å²) in [5.41, 5.74) is 2.29. The molecule has 64 valence electrons. The van der Waals surface area contributed by atoms with Gasteiger partial charge in [0.25, 0.3) is 0 Å². The molecule has 2 aromatic rings. The molecule has 0 amide bonds. The molecule has 1 aliphatic rings. The lowest BCUT2D eigenvalue weighted by Gasteiger charge is -1.98. The van der Waals surface area contributed by atoms with Crippen LogP contribution in [0.2, 0.25) is 0 Å². The lowest BCUT2D eigenvalue weighted by Crippen LogP contribution is -1.82. The van der Waals surface area contributed by atoms with Crippen LogP contribution in [0, 0.1) is 0 Å². The molecule has 1 unspecified atom stereocenters. The van der Waals surface area contributed by atoms with Gasteiger partial charge in [0.1, 0.15) is 6.10 Å². The zero-order chi connectivity index (χ0) is 8.67. The Labute approximate surface area is 76.2 Å². The van der Waals surface area contributed by atoms with Gasteiger partial charge in [0.2, 0.25) is 0 Å². The number of rotatable bonds is 1. The molecule has 0 spiro atoms. The minimum absolute atomic E-state index is 0.325. The van der Waals surface area contributed by atoms with Gasteiger partial charge < -0.3 is 4.74 Å². The van der Waals surface area contributed by atoms with Crippen molar-refractivity contribution in [3.05, 3.63) is 42.1 Å². The van der Waals surface area contributed by atoms with Gasteiger partial charge in [-0.1, -0.05) is 18.2 Å². The Balaban J connectivity index is 2.21. The Morgan fingerprint density at radius 2 is 2.23 bits per heavy atom. The number of fused-ring (bicyclic) bond motifs is 1. The minimum Gasteiger partial charge on any atom is -0.368 e. The van der Waals surface area contributed by atoms with Gasteiger partial charge in [-0.3, -0.25) is 4.98 Å². The summed E-state index contributed by atoms with van der Waals surface area (Å²) in [4.78, 5) is 4.30. The number of hydrogen-bond donors (Lipinski definition) is 0. The molecule has 1 fully saturated rings. The van der Waals surface area contributed by atoms with Crippen LogP contribution in [0.1, 0.15) is 11.7 Å². The maximum Gasteiger partial charge on any atom is 0.106 e. The fourth-order valence-electron chi connectivity index (χ4n) is 1.52. The topological polar surface area (TPSA) is 25.4 Å². The van der Waals surface area contributed by atoms with E-state index in [4.69, 9.17) is 4.74 Å². The summed E-state index contributed by atoms with van der Waals surface area (Å²) >= 11 is 0. The van der Waals surface area contributed by atoms with Crippen LogP contribution in [0.15, 0.2) is 36.5 Å². The fourth-order valence-corrected chi connectivity index (χ4v) is 1.52. The first-order chi connectivity index (χ1) is 6.43. The predicted octanol–water partition coefficient (Wildman–Crippen LogP) is 2.31. The number of pyridine rings is 1. The van der Waals surface area contributed by atoms with Crippen LogP contribution in [0.3, 0.4) is 0 Å². The van der Waals surface area contributed by atoms with Gasteiger partial charge in [-0.05, 0) is 17.7 Å². The monoisotopic (exact) mass is 171 g/mol. The van der Waals surface area contributed by atoms with E-state index in [1.54, 1.807) is 0 Å². The van der Waals surface area contributed by atoms with Crippen molar-refractivity contribution in [2.24, 2.45) is 0 Å². The molecule has 0 N–H and O–H groups in total. The van der Waals surface area contributed by atoms with E-state index in [0.29, 0.717) is 6.10 Å². The number of ether oxygens (including phenoxy) is 1. The highest BCUT2D eigenvalue weighted by Crippen LogP contribution is 2.30. The van der Waals surface area contributed by atoms with E-state index in [-0.39, 0.29) is 0 Å². The second kappa shape index (κ2) is 2.54. The molecule has 2 heteroatoms. The Hall–Kier alpha value is -1.41. The van der Waals surface area contributed by atoms with Crippen LogP contribution < -0.4 is 0 Å². The maximum absolute atomic E-state index is 5.22. The SMILES string of the molecule is c1cnc2cc(C3CO3)ccc2c1. The van der Waals surface area contributed by atoms with Crippen LogP contribution in [0.4, 0.5) is 0 Å². The van der Waals surface area contributed by atoms with Crippen LogP contribution in [-0.2, 0) is 4.74 Å². The van der Waals surface area contributed by atoms with Crippen molar-refractivity contribution < 1.29 is 4.74 Å². The molecule has 1 aromatic carbocycles. The van der Waals surface area contributed by atoms with Crippen molar-refractivity contribution in [2.45, 2.75) is 6.10 Å². The molecule has 0 radical (unpaired) electrons. The van der Waals surface area contributed by atoms with Gasteiger partial charge in [0.15, 0.2) is 0 Å². The Morgan fingerprint density at radius 1 is 1.31 bits per heavy atom. The summed E-state index contributed by atoms with van der Waals surface area (Å²) in [6.45, 7) is 0.859. The number of aromatic nitrogens is 1. The molecule has 0 bridgehead atoms. The van der Waals surface area contributed by atoms with Gasteiger partial charge in [0.05, 0.1) is 12.1 Å². The lowest BCUT2D eigenvalue weighted by atomic mass is 10.1. The van der Waals surface area contributed by atoms with Gasteiger partial charge in [-0.2, -0.15) is 0 Å². The summed E-state index contributed by atoms with van der Waals surface area (Å²) < 4.78 is 5.22. The standard InChI is InChI=1S/C11H9NO/c1-2-8-3-4-9(11-7-13-11)6-10(8)12-5-1/h1-6,11H,7H2. The highest BCUT2D eigenvalue weighted by atomic mass is 16.6. The van der Waals surface area contributed by atoms with Crippen LogP contribution in [0.25, 0.3) is 10.9 Å².